The van der Waals surface area contributed by atoms with Crippen LogP contribution in [0.5, 0.6) is 0 Å². The summed E-state index contributed by atoms with van der Waals surface area (Å²) in [5.74, 6) is 2.71. The quantitative estimate of drug-likeness (QED) is 0.630. The van der Waals surface area contributed by atoms with Gasteiger partial charge in [-0.2, -0.15) is 0 Å². The van der Waals surface area contributed by atoms with Crippen molar-refractivity contribution in [3.63, 3.8) is 0 Å². The third-order valence-corrected chi connectivity index (χ3v) is 3.26. The molecule has 0 saturated heterocycles. The molecule has 0 bridgehead atoms. The fourth-order valence-corrected chi connectivity index (χ4v) is 2.31. The van der Waals surface area contributed by atoms with Gasteiger partial charge in [0, 0.05) is 13.2 Å². The van der Waals surface area contributed by atoms with E-state index >= 15 is 0 Å². The van der Waals surface area contributed by atoms with Crippen LogP contribution in [0.1, 0.15) is 40.0 Å². The van der Waals surface area contributed by atoms with E-state index in [4.69, 9.17) is 4.74 Å². The van der Waals surface area contributed by atoms with Crippen molar-refractivity contribution in [3.05, 3.63) is 0 Å². The van der Waals surface area contributed by atoms with Crippen molar-refractivity contribution in [1.82, 2.24) is 0 Å². The second kappa shape index (κ2) is 4.86. The molecule has 0 N–H and O–H groups in total. The minimum absolute atomic E-state index is 0.842. The molecule has 3 unspecified atom stereocenters. The fraction of sp³-hybridized carbons (Fsp3) is 1.00. The Kier molecular flexibility index (Phi) is 4.07. The van der Waals surface area contributed by atoms with E-state index in [9.17, 15) is 0 Å². The summed E-state index contributed by atoms with van der Waals surface area (Å²) in [6.45, 7) is 8.63. The maximum absolute atomic E-state index is 5.48. The van der Waals surface area contributed by atoms with Crippen LogP contribution >= 0.6 is 0 Å². The van der Waals surface area contributed by atoms with E-state index in [-0.39, 0.29) is 0 Å². The van der Waals surface area contributed by atoms with Crippen LogP contribution in [-0.4, -0.2) is 13.2 Å². The Morgan fingerprint density at radius 1 is 1.25 bits per heavy atom. The molecule has 0 heterocycles. The van der Waals surface area contributed by atoms with Gasteiger partial charge in [-0.3, -0.25) is 0 Å². The molecule has 0 radical (unpaired) electrons. The zero-order chi connectivity index (χ0) is 8.97. The third kappa shape index (κ3) is 2.48. The highest BCUT2D eigenvalue weighted by Crippen LogP contribution is 2.37. The SMILES string of the molecule is CCOCC1CC(CC)CC1C. The molecule has 1 aliphatic rings. The first-order valence-corrected chi connectivity index (χ1v) is 5.35. The van der Waals surface area contributed by atoms with E-state index in [0.717, 1.165) is 31.0 Å². The van der Waals surface area contributed by atoms with E-state index < -0.39 is 0 Å². The van der Waals surface area contributed by atoms with Crippen LogP contribution in [0.4, 0.5) is 0 Å². The van der Waals surface area contributed by atoms with Gasteiger partial charge in [0.25, 0.3) is 0 Å². The monoisotopic (exact) mass is 170 g/mol. The van der Waals surface area contributed by atoms with Crippen LogP contribution in [0.25, 0.3) is 0 Å². The van der Waals surface area contributed by atoms with Gasteiger partial charge in [0.15, 0.2) is 0 Å². The first-order valence-electron chi connectivity index (χ1n) is 5.35. The van der Waals surface area contributed by atoms with Crippen LogP contribution in [-0.2, 0) is 4.74 Å². The normalized spacial score (nSPS) is 35.8. The molecule has 1 aliphatic carbocycles. The Morgan fingerprint density at radius 3 is 2.50 bits per heavy atom. The number of rotatable bonds is 4. The molecular weight excluding hydrogens is 148 g/mol. The Morgan fingerprint density at radius 2 is 2.00 bits per heavy atom. The molecule has 0 aliphatic heterocycles. The Labute approximate surface area is 76.5 Å². The molecule has 1 rings (SSSR count). The lowest BCUT2D eigenvalue weighted by Crippen LogP contribution is -2.11. The molecule has 72 valence electrons. The lowest BCUT2D eigenvalue weighted by Gasteiger charge is -2.14. The van der Waals surface area contributed by atoms with Crippen LogP contribution in [0, 0.1) is 17.8 Å². The average molecular weight is 170 g/mol. The van der Waals surface area contributed by atoms with Crippen molar-refractivity contribution < 1.29 is 4.74 Å². The van der Waals surface area contributed by atoms with E-state index in [2.05, 4.69) is 20.8 Å². The molecule has 0 aromatic rings. The average Bonchev–Trinajstić information content (AvgIpc) is 2.43. The molecule has 0 spiro atoms. The van der Waals surface area contributed by atoms with Crippen molar-refractivity contribution >= 4 is 0 Å². The first kappa shape index (κ1) is 10.0. The van der Waals surface area contributed by atoms with Crippen molar-refractivity contribution in [2.24, 2.45) is 17.8 Å². The lowest BCUT2D eigenvalue weighted by atomic mass is 9.99. The summed E-state index contributed by atoms with van der Waals surface area (Å²) >= 11 is 0. The van der Waals surface area contributed by atoms with E-state index in [1.807, 2.05) is 0 Å². The van der Waals surface area contributed by atoms with Gasteiger partial charge in [-0.15, -0.1) is 0 Å². The predicted molar refractivity (Wildman–Crippen MR) is 52.2 cm³/mol. The highest BCUT2D eigenvalue weighted by atomic mass is 16.5. The number of ether oxygens (including phenoxy) is 1. The molecule has 3 atom stereocenters. The van der Waals surface area contributed by atoms with Crippen LogP contribution in [0.2, 0.25) is 0 Å². The van der Waals surface area contributed by atoms with Crippen molar-refractivity contribution in [2.75, 3.05) is 13.2 Å². The van der Waals surface area contributed by atoms with Gasteiger partial charge in [0.1, 0.15) is 0 Å². The molecule has 1 saturated carbocycles. The molecule has 0 aromatic carbocycles. The van der Waals surface area contributed by atoms with Crippen LogP contribution in [0.3, 0.4) is 0 Å². The lowest BCUT2D eigenvalue weighted by molar-refractivity contribution is 0.0977. The summed E-state index contributed by atoms with van der Waals surface area (Å²) in [6, 6.07) is 0. The third-order valence-electron chi connectivity index (χ3n) is 3.26. The van der Waals surface area contributed by atoms with Crippen molar-refractivity contribution in [2.45, 2.75) is 40.0 Å². The molecular formula is C11H22O. The van der Waals surface area contributed by atoms with Crippen molar-refractivity contribution in [3.8, 4) is 0 Å². The highest BCUT2D eigenvalue weighted by Gasteiger charge is 2.29. The molecule has 12 heavy (non-hydrogen) atoms. The second-order valence-electron chi connectivity index (χ2n) is 4.14. The zero-order valence-electron chi connectivity index (χ0n) is 8.68. The largest absolute Gasteiger partial charge is 0.381 e. The molecule has 1 fully saturated rings. The maximum atomic E-state index is 5.48. The zero-order valence-corrected chi connectivity index (χ0v) is 8.68. The van der Waals surface area contributed by atoms with Gasteiger partial charge in [-0.05, 0) is 37.5 Å². The van der Waals surface area contributed by atoms with Gasteiger partial charge in [-0.25, -0.2) is 0 Å². The maximum Gasteiger partial charge on any atom is 0.0496 e. The van der Waals surface area contributed by atoms with Gasteiger partial charge in [0.2, 0.25) is 0 Å². The number of hydrogen-bond donors (Lipinski definition) is 0. The minimum atomic E-state index is 0.842. The molecule has 1 heteroatoms. The van der Waals surface area contributed by atoms with Crippen LogP contribution in [0.15, 0.2) is 0 Å². The van der Waals surface area contributed by atoms with Gasteiger partial charge in [0.05, 0.1) is 0 Å². The molecule has 0 aromatic heterocycles. The Bertz CT molecular complexity index is 122. The van der Waals surface area contributed by atoms with Crippen molar-refractivity contribution in [1.29, 1.82) is 0 Å². The Balaban J connectivity index is 2.25. The smallest absolute Gasteiger partial charge is 0.0496 e. The summed E-state index contributed by atoms with van der Waals surface area (Å²) in [4.78, 5) is 0. The fourth-order valence-electron chi connectivity index (χ4n) is 2.31. The summed E-state index contributed by atoms with van der Waals surface area (Å²) in [7, 11) is 0. The van der Waals surface area contributed by atoms with E-state index in [1.165, 1.54) is 19.3 Å². The minimum Gasteiger partial charge on any atom is -0.381 e. The molecule has 1 nitrogen and oxygen atoms in total. The predicted octanol–water partition coefficient (Wildman–Crippen LogP) is 3.10. The summed E-state index contributed by atoms with van der Waals surface area (Å²) in [5, 5.41) is 0. The number of hydrogen-bond acceptors (Lipinski definition) is 1. The standard InChI is InChI=1S/C11H22O/c1-4-10-6-9(3)11(7-10)8-12-5-2/h9-11H,4-8H2,1-3H3. The van der Waals surface area contributed by atoms with Gasteiger partial charge < -0.3 is 4.74 Å². The second-order valence-corrected chi connectivity index (χ2v) is 4.14. The topological polar surface area (TPSA) is 9.23 Å². The summed E-state index contributed by atoms with van der Waals surface area (Å²) in [5.41, 5.74) is 0. The first-order chi connectivity index (χ1) is 5.77. The molecule has 0 amide bonds. The summed E-state index contributed by atoms with van der Waals surface area (Å²) in [6.07, 6.45) is 4.18. The van der Waals surface area contributed by atoms with Gasteiger partial charge in [-0.1, -0.05) is 20.3 Å². The van der Waals surface area contributed by atoms with E-state index in [1.54, 1.807) is 0 Å². The van der Waals surface area contributed by atoms with Gasteiger partial charge >= 0.3 is 0 Å². The van der Waals surface area contributed by atoms with E-state index in [0.29, 0.717) is 0 Å². The Hall–Kier alpha value is -0.0400. The highest BCUT2D eigenvalue weighted by molar-refractivity contribution is 4.80. The van der Waals surface area contributed by atoms with Crippen LogP contribution < -0.4 is 0 Å². The summed E-state index contributed by atoms with van der Waals surface area (Å²) < 4.78 is 5.48.